The lowest BCUT2D eigenvalue weighted by Gasteiger charge is -2.13. The topological polar surface area (TPSA) is 66.4 Å². The molecule has 1 atom stereocenters. The highest BCUT2D eigenvalue weighted by Gasteiger charge is 2.15. The highest BCUT2D eigenvalue weighted by atomic mass is 16.4. The van der Waals surface area contributed by atoms with E-state index in [9.17, 15) is 9.59 Å². The van der Waals surface area contributed by atoms with Crippen molar-refractivity contribution < 1.29 is 14.7 Å². The molecule has 0 aromatic carbocycles. The largest absolute Gasteiger partial charge is 0.480 e. The van der Waals surface area contributed by atoms with Crippen molar-refractivity contribution in [3.63, 3.8) is 0 Å². The molecule has 0 saturated heterocycles. The zero-order valence-corrected chi connectivity index (χ0v) is 11.5. The first kappa shape index (κ1) is 17.1. The Morgan fingerprint density at radius 2 is 1.83 bits per heavy atom. The number of hydrogen-bond acceptors (Lipinski definition) is 3. The number of hydrogen-bond donors (Lipinski definition) is 2. The van der Waals surface area contributed by atoms with Crippen LogP contribution in [0.4, 0.5) is 0 Å². The second-order valence-electron chi connectivity index (χ2n) is 4.71. The molecule has 0 radical (unpaired) electrons. The van der Waals surface area contributed by atoms with E-state index in [-0.39, 0.29) is 0 Å². The fourth-order valence-corrected chi connectivity index (χ4v) is 1.90. The molecule has 0 amide bonds. The molecule has 0 fully saturated rings. The van der Waals surface area contributed by atoms with Crippen LogP contribution in [0.25, 0.3) is 0 Å². The minimum absolute atomic E-state index is 0.447. The summed E-state index contributed by atoms with van der Waals surface area (Å²) in [6, 6.07) is -0.499. The monoisotopic (exact) mass is 257 g/mol. The number of carbonyl (C=O) groups excluding carboxylic acids is 1. The fourth-order valence-electron chi connectivity index (χ4n) is 1.90. The van der Waals surface area contributed by atoms with E-state index in [4.69, 9.17) is 5.11 Å². The van der Waals surface area contributed by atoms with Gasteiger partial charge in [-0.2, -0.15) is 0 Å². The van der Waals surface area contributed by atoms with Crippen LogP contribution < -0.4 is 5.32 Å². The number of rotatable bonds is 13. The normalized spacial score (nSPS) is 12.3. The quantitative estimate of drug-likeness (QED) is 0.393. The molecule has 0 aliphatic carbocycles. The summed E-state index contributed by atoms with van der Waals surface area (Å²) < 4.78 is 0. The van der Waals surface area contributed by atoms with Gasteiger partial charge in [0.2, 0.25) is 0 Å². The second kappa shape index (κ2) is 12.6. The maximum atomic E-state index is 10.9. The summed E-state index contributed by atoms with van der Waals surface area (Å²) in [4.78, 5) is 21.1. The fraction of sp³-hybridized carbons (Fsp3) is 0.857. The van der Waals surface area contributed by atoms with E-state index in [2.05, 4.69) is 12.2 Å². The number of carbonyl (C=O) groups is 2. The van der Waals surface area contributed by atoms with Crippen molar-refractivity contribution in [1.82, 2.24) is 5.32 Å². The van der Waals surface area contributed by atoms with Crippen LogP contribution in [0.15, 0.2) is 0 Å². The van der Waals surface area contributed by atoms with E-state index in [0.29, 0.717) is 19.3 Å². The molecule has 0 aliphatic rings. The third kappa shape index (κ3) is 10.3. The summed E-state index contributed by atoms with van der Waals surface area (Å²) in [5.41, 5.74) is 0. The van der Waals surface area contributed by atoms with Gasteiger partial charge in [-0.3, -0.25) is 4.79 Å². The molecular weight excluding hydrogens is 230 g/mol. The van der Waals surface area contributed by atoms with Gasteiger partial charge in [0.25, 0.3) is 0 Å². The lowest BCUT2D eigenvalue weighted by atomic mass is 10.1. The molecule has 1 unspecified atom stereocenters. The summed E-state index contributed by atoms with van der Waals surface area (Å²) in [6.45, 7) is 2.95. The number of aliphatic carboxylic acids is 1. The van der Waals surface area contributed by atoms with Gasteiger partial charge >= 0.3 is 5.97 Å². The summed E-state index contributed by atoms with van der Waals surface area (Å²) >= 11 is 0. The number of carboxylic acids is 1. The van der Waals surface area contributed by atoms with Crippen molar-refractivity contribution in [1.29, 1.82) is 0 Å². The minimum Gasteiger partial charge on any atom is -0.480 e. The van der Waals surface area contributed by atoms with Crippen LogP contribution in [0.2, 0.25) is 0 Å². The number of nitrogens with one attached hydrogen (secondary N) is 1. The van der Waals surface area contributed by atoms with Gasteiger partial charge in [-0.05, 0) is 25.8 Å². The molecule has 0 aliphatic heterocycles. The third-order valence-corrected chi connectivity index (χ3v) is 3.03. The van der Waals surface area contributed by atoms with Gasteiger partial charge < -0.3 is 15.2 Å². The van der Waals surface area contributed by atoms with Crippen molar-refractivity contribution in [3.05, 3.63) is 0 Å². The summed E-state index contributed by atoms with van der Waals surface area (Å²) in [6.07, 6.45) is 9.70. The number of unbranched alkanes of at least 4 members (excludes halogenated alkanes) is 6. The molecular formula is C14H27NO3. The molecule has 2 N–H and O–H groups in total. The van der Waals surface area contributed by atoms with Crippen molar-refractivity contribution in [2.45, 2.75) is 70.8 Å². The maximum Gasteiger partial charge on any atom is 0.320 e. The zero-order valence-electron chi connectivity index (χ0n) is 11.5. The van der Waals surface area contributed by atoms with Crippen molar-refractivity contribution in [3.8, 4) is 0 Å². The molecule has 0 saturated carbocycles. The predicted molar refractivity (Wildman–Crippen MR) is 72.7 cm³/mol. The van der Waals surface area contributed by atoms with Gasteiger partial charge in [-0.1, -0.05) is 39.0 Å². The molecule has 0 rings (SSSR count). The Morgan fingerprint density at radius 3 is 2.44 bits per heavy atom. The second-order valence-corrected chi connectivity index (χ2v) is 4.71. The lowest BCUT2D eigenvalue weighted by Crippen LogP contribution is -2.37. The van der Waals surface area contributed by atoms with Crippen molar-refractivity contribution in [2.24, 2.45) is 0 Å². The third-order valence-electron chi connectivity index (χ3n) is 3.03. The SMILES string of the molecule is CCCCCCCCNC(CCCC=O)C(=O)O. The first-order valence-electron chi connectivity index (χ1n) is 7.12. The molecule has 0 heterocycles. The van der Waals surface area contributed by atoms with Gasteiger partial charge in [-0.25, -0.2) is 0 Å². The van der Waals surface area contributed by atoms with E-state index in [1.165, 1.54) is 25.7 Å². The van der Waals surface area contributed by atoms with Crippen molar-refractivity contribution >= 4 is 12.3 Å². The van der Waals surface area contributed by atoms with Crippen LogP contribution in [-0.4, -0.2) is 29.9 Å². The minimum atomic E-state index is -0.813. The maximum absolute atomic E-state index is 10.9. The highest BCUT2D eigenvalue weighted by molar-refractivity contribution is 5.73. The molecule has 0 aromatic rings. The molecule has 18 heavy (non-hydrogen) atoms. The molecule has 4 nitrogen and oxygen atoms in total. The van der Waals surface area contributed by atoms with Crippen LogP contribution in [0.1, 0.15) is 64.7 Å². The van der Waals surface area contributed by atoms with E-state index in [1.807, 2.05) is 0 Å². The van der Waals surface area contributed by atoms with Crippen LogP contribution >= 0.6 is 0 Å². The molecule has 0 spiro atoms. The Hall–Kier alpha value is -0.900. The molecule has 4 heteroatoms. The Kier molecular flexibility index (Phi) is 11.9. The Labute approximate surface area is 110 Å². The van der Waals surface area contributed by atoms with E-state index < -0.39 is 12.0 Å². The van der Waals surface area contributed by atoms with Gasteiger partial charge in [-0.15, -0.1) is 0 Å². The zero-order chi connectivity index (χ0) is 13.6. The van der Waals surface area contributed by atoms with E-state index in [1.54, 1.807) is 0 Å². The average molecular weight is 257 g/mol. The van der Waals surface area contributed by atoms with Crippen LogP contribution in [0.3, 0.4) is 0 Å². The Bertz CT molecular complexity index is 219. The first-order chi connectivity index (χ1) is 8.72. The number of aldehydes is 1. The Morgan fingerprint density at radius 1 is 1.17 bits per heavy atom. The lowest BCUT2D eigenvalue weighted by molar-refractivity contribution is -0.139. The van der Waals surface area contributed by atoms with Crippen LogP contribution in [-0.2, 0) is 9.59 Å². The van der Waals surface area contributed by atoms with Crippen LogP contribution in [0.5, 0.6) is 0 Å². The van der Waals surface area contributed by atoms with E-state index >= 15 is 0 Å². The van der Waals surface area contributed by atoms with Crippen molar-refractivity contribution in [2.75, 3.05) is 6.54 Å². The summed E-state index contributed by atoms with van der Waals surface area (Å²) in [7, 11) is 0. The van der Waals surface area contributed by atoms with Gasteiger partial charge in [0, 0.05) is 6.42 Å². The number of carboxylic acid groups (broad SMARTS) is 1. The smallest absolute Gasteiger partial charge is 0.320 e. The predicted octanol–water partition coefficient (Wildman–Crippen LogP) is 2.76. The first-order valence-corrected chi connectivity index (χ1v) is 7.12. The summed E-state index contributed by atoms with van der Waals surface area (Å²) in [5, 5.41) is 12.0. The molecule has 106 valence electrons. The Balaban J connectivity index is 3.51. The average Bonchev–Trinajstić information content (AvgIpc) is 2.35. The summed E-state index contributed by atoms with van der Waals surface area (Å²) in [5.74, 6) is -0.813. The molecule has 0 bridgehead atoms. The highest BCUT2D eigenvalue weighted by Crippen LogP contribution is 2.05. The standard InChI is InChI=1S/C14H27NO3/c1-2-3-4-5-6-8-11-15-13(14(17)18)10-7-9-12-16/h12-13,15H,2-11H2,1H3,(H,17,18). The van der Waals surface area contributed by atoms with Gasteiger partial charge in [0.15, 0.2) is 0 Å². The molecule has 0 aromatic heterocycles. The van der Waals surface area contributed by atoms with Gasteiger partial charge in [0.1, 0.15) is 12.3 Å². The van der Waals surface area contributed by atoms with Gasteiger partial charge in [0.05, 0.1) is 0 Å². The van der Waals surface area contributed by atoms with Crippen LogP contribution in [0, 0.1) is 0 Å². The van der Waals surface area contributed by atoms with E-state index in [0.717, 1.165) is 25.7 Å².